The van der Waals surface area contributed by atoms with E-state index in [0.717, 1.165) is 12.8 Å². The van der Waals surface area contributed by atoms with Crippen LogP contribution >= 0.6 is 11.6 Å². The van der Waals surface area contributed by atoms with Crippen molar-refractivity contribution in [1.82, 2.24) is 5.32 Å². The molecule has 8 nitrogen and oxygen atoms in total. The first-order chi connectivity index (χ1) is 14.8. The van der Waals surface area contributed by atoms with E-state index in [4.69, 9.17) is 22.1 Å². The molecule has 2 aromatic carbocycles. The summed E-state index contributed by atoms with van der Waals surface area (Å²) in [5, 5.41) is 2.95. The molecule has 1 heterocycles. The highest BCUT2D eigenvalue weighted by molar-refractivity contribution is 6.30. The van der Waals surface area contributed by atoms with Gasteiger partial charge in [0.2, 0.25) is 11.8 Å². The molecule has 31 heavy (non-hydrogen) atoms. The van der Waals surface area contributed by atoms with Gasteiger partial charge >= 0.3 is 5.97 Å². The Morgan fingerprint density at radius 3 is 2.35 bits per heavy atom. The van der Waals surface area contributed by atoms with Gasteiger partial charge in [-0.15, -0.1) is 0 Å². The van der Waals surface area contributed by atoms with Crippen molar-refractivity contribution in [3.05, 3.63) is 59.1 Å². The smallest absolute Gasteiger partial charge is 0.334 e. The van der Waals surface area contributed by atoms with Gasteiger partial charge in [0.05, 0.1) is 6.42 Å². The fourth-order valence-corrected chi connectivity index (χ4v) is 3.32. The molecule has 2 aromatic rings. The highest BCUT2D eigenvalue weighted by atomic mass is 35.5. The zero-order chi connectivity index (χ0) is 22.4. The Bertz CT molecular complexity index is 976. The van der Waals surface area contributed by atoms with Crippen LogP contribution in [0.3, 0.4) is 0 Å². The van der Waals surface area contributed by atoms with Crippen molar-refractivity contribution in [1.29, 1.82) is 0 Å². The highest BCUT2D eigenvalue weighted by Gasteiger charge is 2.26. The first-order valence-electron chi connectivity index (χ1n) is 9.80. The zero-order valence-electron chi connectivity index (χ0n) is 16.7. The van der Waals surface area contributed by atoms with E-state index in [2.05, 4.69) is 5.32 Å². The Morgan fingerprint density at radius 1 is 1.06 bits per heavy atom. The topological polar surface area (TPSA) is 119 Å². The van der Waals surface area contributed by atoms with E-state index in [1.165, 1.54) is 12.1 Å². The Hall–Kier alpha value is -3.39. The van der Waals surface area contributed by atoms with E-state index >= 15 is 0 Å². The number of hydrogen-bond donors (Lipinski definition) is 2. The average Bonchev–Trinajstić information content (AvgIpc) is 2.75. The fraction of sp³-hybridized carbons (Fsp3) is 0.273. The van der Waals surface area contributed by atoms with Gasteiger partial charge in [-0.05, 0) is 61.4 Å². The third kappa shape index (κ3) is 6.05. The number of benzene rings is 2. The van der Waals surface area contributed by atoms with Gasteiger partial charge in [0.1, 0.15) is 11.8 Å². The van der Waals surface area contributed by atoms with Gasteiger partial charge in [0.25, 0.3) is 5.91 Å². The number of carbonyl (C=O) groups excluding carboxylic acids is 4. The number of halogens is 1. The van der Waals surface area contributed by atoms with Crippen molar-refractivity contribution < 1.29 is 23.9 Å². The summed E-state index contributed by atoms with van der Waals surface area (Å²) in [6.07, 6.45) is 1.90. The monoisotopic (exact) mass is 443 g/mol. The molecule has 3 amide bonds. The maximum Gasteiger partial charge on any atom is 0.334 e. The number of ether oxygens (including phenoxy) is 1. The predicted octanol–water partition coefficient (Wildman–Crippen LogP) is 2.44. The van der Waals surface area contributed by atoms with Crippen LogP contribution in [0.4, 0.5) is 5.69 Å². The van der Waals surface area contributed by atoms with Crippen LogP contribution in [0.1, 0.15) is 36.0 Å². The molecule has 0 radical (unpaired) electrons. The summed E-state index contributed by atoms with van der Waals surface area (Å²) in [6, 6.07) is 11.3. The minimum atomic E-state index is -1.26. The quantitative estimate of drug-likeness (QED) is 0.503. The molecule has 0 aromatic heterocycles. The normalized spacial score (nSPS) is 14.6. The van der Waals surface area contributed by atoms with E-state index in [1.54, 1.807) is 41.3 Å². The average molecular weight is 444 g/mol. The standard InChI is InChI=1S/C22H22ClN3O5/c23-15-6-10-17(11-7-15)31-22(30)18(13-19(24)27)25-21(29)14-4-8-16(9-5-14)26-12-2-1-3-20(26)28/h4-11,18H,1-3,12-13H2,(H2,24,27)(H,25,29)/t18-/m0/s1. The summed E-state index contributed by atoms with van der Waals surface area (Å²) >= 11 is 5.80. The molecule has 1 aliphatic heterocycles. The van der Waals surface area contributed by atoms with Crippen LogP contribution in [-0.4, -0.2) is 36.3 Å². The van der Waals surface area contributed by atoms with Crippen LogP contribution in [0.5, 0.6) is 5.75 Å². The van der Waals surface area contributed by atoms with Gasteiger partial charge in [-0.1, -0.05) is 11.6 Å². The maximum absolute atomic E-state index is 12.6. The number of amides is 3. The van der Waals surface area contributed by atoms with Crippen molar-refractivity contribution in [3.8, 4) is 5.75 Å². The van der Waals surface area contributed by atoms with Gasteiger partial charge in [-0.25, -0.2) is 4.79 Å². The number of nitrogens with one attached hydrogen (secondary N) is 1. The molecule has 0 saturated carbocycles. The first-order valence-corrected chi connectivity index (χ1v) is 10.2. The van der Waals surface area contributed by atoms with E-state index < -0.39 is 30.2 Å². The number of nitrogens with zero attached hydrogens (tertiary/aromatic N) is 1. The highest BCUT2D eigenvalue weighted by Crippen LogP contribution is 2.21. The SMILES string of the molecule is NC(=O)C[C@H](NC(=O)c1ccc(N2CCCCC2=O)cc1)C(=O)Oc1ccc(Cl)cc1. The van der Waals surface area contributed by atoms with Crippen LogP contribution in [-0.2, 0) is 14.4 Å². The summed E-state index contributed by atoms with van der Waals surface area (Å²) in [5.41, 5.74) is 6.19. The van der Waals surface area contributed by atoms with Crippen molar-refractivity contribution in [3.63, 3.8) is 0 Å². The van der Waals surface area contributed by atoms with Gasteiger partial charge < -0.3 is 20.7 Å². The molecular formula is C22H22ClN3O5. The second kappa shape index (κ2) is 10.1. The molecule has 3 N–H and O–H groups in total. The van der Waals surface area contributed by atoms with Crippen molar-refractivity contribution in [2.24, 2.45) is 5.73 Å². The van der Waals surface area contributed by atoms with Gasteiger partial charge in [-0.3, -0.25) is 14.4 Å². The largest absolute Gasteiger partial charge is 0.425 e. The molecule has 0 unspecified atom stereocenters. The lowest BCUT2D eigenvalue weighted by atomic mass is 10.1. The Kier molecular flexibility index (Phi) is 7.25. The summed E-state index contributed by atoms with van der Waals surface area (Å²) in [6.45, 7) is 0.640. The van der Waals surface area contributed by atoms with Gasteiger partial charge in [0.15, 0.2) is 0 Å². The lowest BCUT2D eigenvalue weighted by molar-refractivity contribution is -0.138. The molecule has 1 fully saturated rings. The molecule has 3 rings (SSSR count). The third-order valence-corrected chi connectivity index (χ3v) is 5.04. The Morgan fingerprint density at radius 2 is 1.74 bits per heavy atom. The van der Waals surface area contributed by atoms with Crippen molar-refractivity contribution in [2.45, 2.75) is 31.7 Å². The molecule has 0 spiro atoms. The number of primary amides is 1. The molecule has 1 aliphatic rings. The number of carbonyl (C=O) groups is 4. The van der Waals surface area contributed by atoms with Crippen molar-refractivity contribution >= 4 is 41.0 Å². The second-order valence-corrected chi connectivity index (χ2v) is 7.56. The minimum absolute atomic E-state index is 0.0509. The number of anilines is 1. The van der Waals surface area contributed by atoms with Crippen LogP contribution in [0.15, 0.2) is 48.5 Å². The molecule has 0 bridgehead atoms. The lowest BCUT2D eigenvalue weighted by Crippen LogP contribution is -2.45. The van der Waals surface area contributed by atoms with Crippen molar-refractivity contribution in [2.75, 3.05) is 11.4 Å². The number of esters is 1. The summed E-state index contributed by atoms with van der Waals surface area (Å²) in [4.78, 5) is 50.2. The molecule has 1 saturated heterocycles. The van der Waals surface area contributed by atoms with Crippen LogP contribution in [0.25, 0.3) is 0 Å². The molecule has 1 atom stereocenters. The van der Waals surface area contributed by atoms with Crippen LogP contribution < -0.4 is 20.7 Å². The first kappa shape index (κ1) is 22.3. The van der Waals surface area contributed by atoms with Crippen LogP contribution in [0.2, 0.25) is 5.02 Å². The lowest BCUT2D eigenvalue weighted by Gasteiger charge is -2.26. The number of nitrogens with two attached hydrogens (primary N) is 1. The zero-order valence-corrected chi connectivity index (χ0v) is 17.4. The van der Waals surface area contributed by atoms with E-state index in [9.17, 15) is 19.2 Å². The third-order valence-electron chi connectivity index (χ3n) is 4.79. The predicted molar refractivity (Wildman–Crippen MR) is 115 cm³/mol. The number of rotatable bonds is 7. The Balaban J connectivity index is 1.68. The van der Waals surface area contributed by atoms with Gasteiger partial charge in [-0.2, -0.15) is 0 Å². The van der Waals surface area contributed by atoms with Crippen LogP contribution in [0, 0.1) is 0 Å². The number of piperidine rings is 1. The van der Waals surface area contributed by atoms with E-state index in [0.29, 0.717) is 23.7 Å². The molecule has 9 heteroatoms. The maximum atomic E-state index is 12.6. The fourth-order valence-electron chi connectivity index (χ4n) is 3.20. The minimum Gasteiger partial charge on any atom is -0.425 e. The van der Waals surface area contributed by atoms with Gasteiger partial charge in [0, 0.05) is 29.2 Å². The summed E-state index contributed by atoms with van der Waals surface area (Å²) in [5.74, 6) is -1.90. The second-order valence-electron chi connectivity index (χ2n) is 7.12. The summed E-state index contributed by atoms with van der Waals surface area (Å²) in [7, 11) is 0. The molecular weight excluding hydrogens is 422 g/mol. The summed E-state index contributed by atoms with van der Waals surface area (Å²) < 4.78 is 5.22. The molecule has 162 valence electrons. The Labute approximate surface area is 184 Å². The van der Waals surface area contributed by atoms with E-state index in [-0.39, 0.29) is 17.2 Å². The van der Waals surface area contributed by atoms with E-state index in [1.807, 2.05) is 0 Å². The molecule has 0 aliphatic carbocycles. The number of hydrogen-bond acceptors (Lipinski definition) is 5.